The molecule has 0 radical (unpaired) electrons. The van der Waals surface area contributed by atoms with Crippen LogP contribution in [0.25, 0.3) is 11.0 Å². The molecule has 0 aliphatic carbocycles. The van der Waals surface area contributed by atoms with Crippen LogP contribution >= 0.6 is 0 Å². The van der Waals surface area contributed by atoms with E-state index in [0.29, 0.717) is 6.54 Å². The highest BCUT2D eigenvalue weighted by atomic mass is 16.3. The molecule has 2 aromatic rings. The summed E-state index contributed by atoms with van der Waals surface area (Å²) in [6.45, 7) is 13.7. The minimum Gasteiger partial charge on any atom is -0.459 e. The Labute approximate surface area is 144 Å². The van der Waals surface area contributed by atoms with Crippen LogP contribution in [0.15, 0.2) is 33.7 Å². The zero-order valence-electron chi connectivity index (χ0n) is 15.5. The van der Waals surface area contributed by atoms with Gasteiger partial charge in [0.25, 0.3) is 0 Å². The number of benzene rings is 1. The third-order valence-corrected chi connectivity index (χ3v) is 3.74. The summed E-state index contributed by atoms with van der Waals surface area (Å²) < 4.78 is 5.92. The standard InChI is InChI=1S/C19H30N4O/c1-6-20-18(21-11-12-23-19(3,4)5)22-13-17-14(2)15-9-7-8-10-16(15)24-17/h7-10,23H,6,11-13H2,1-5H3,(H2,20,21,22). The van der Waals surface area contributed by atoms with Gasteiger partial charge in [0.1, 0.15) is 17.9 Å². The molecule has 0 fully saturated rings. The normalized spacial score (nSPS) is 12.6. The van der Waals surface area contributed by atoms with Crippen LogP contribution in [0.1, 0.15) is 39.0 Å². The first kappa shape index (κ1) is 18.3. The van der Waals surface area contributed by atoms with Gasteiger partial charge in [0.15, 0.2) is 5.96 Å². The van der Waals surface area contributed by atoms with Gasteiger partial charge in [-0.1, -0.05) is 18.2 Å². The Morgan fingerprint density at radius 3 is 2.54 bits per heavy atom. The zero-order chi connectivity index (χ0) is 17.6. The lowest BCUT2D eigenvalue weighted by molar-refractivity contribution is 0.428. The molecule has 5 nitrogen and oxygen atoms in total. The molecule has 0 aliphatic rings. The minimum absolute atomic E-state index is 0.128. The van der Waals surface area contributed by atoms with E-state index in [1.54, 1.807) is 0 Å². The Morgan fingerprint density at radius 2 is 1.88 bits per heavy atom. The zero-order valence-corrected chi connectivity index (χ0v) is 15.5. The summed E-state index contributed by atoms with van der Waals surface area (Å²) in [5, 5.41) is 11.2. The summed E-state index contributed by atoms with van der Waals surface area (Å²) in [6, 6.07) is 8.11. The van der Waals surface area contributed by atoms with Gasteiger partial charge in [-0.2, -0.15) is 0 Å². The van der Waals surface area contributed by atoms with Gasteiger partial charge in [-0.15, -0.1) is 0 Å². The molecule has 0 spiro atoms. The quantitative estimate of drug-likeness (QED) is 0.432. The van der Waals surface area contributed by atoms with Crippen molar-refractivity contribution in [2.75, 3.05) is 19.6 Å². The molecular formula is C19H30N4O. The fourth-order valence-corrected chi connectivity index (χ4v) is 2.49. The van der Waals surface area contributed by atoms with Gasteiger partial charge in [0, 0.05) is 36.1 Å². The topological polar surface area (TPSA) is 61.6 Å². The largest absolute Gasteiger partial charge is 0.459 e. The number of nitrogens with zero attached hydrogens (tertiary/aromatic N) is 1. The van der Waals surface area contributed by atoms with E-state index in [1.165, 1.54) is 5.56 Å². The monoisotopic (exact) mass is 330 g/mol. The number of hydrogen-bond acceptors (Lipinski definition) is 3. The summed E-state index contributed by atoms with van der Waals surface area (Å²) in [6.07, 6.45) is 0. The summed E-state index contributed by atoms with van der Waals surface area (Å²) in [5.74, 6) is 1.73. The van der Waals surface area contributed by atoms with E-state index in [2.05, 4.69) is 61.6 Å². The van der Waals surface area contributed by atoms with Gasteiger partial charge in [0.05, 0.1) is 0 Å². The molecule has 1 aromatic carbocycles. The maximum absolute atomic E-state index is 5.92. The van der Waals surface area contributed by atoms with Gasteiger partial charge in [-0.3, -0.25) is 0 Å². The molecule has 0 bridgehead atoms. The first-order valence-electron chi connectivity index (χ1n) is 8.65. The molecule has 5 heteroatoms. The minimum atomic E-state index is 0.128. The van der Waals surface area contributed by atoms with Crippen LogP contribution < -0.4 is 16.0 Å². The molecule has 24 heavy (non-hydrogen) atoms. The second-order valence-corrected chi connectivity index (χ2v) is 6.95. The van der Waals surface area contributed by atoms with Crippen LogP contribution in [0.4, 0.5) is 0 Å². The van der Waals surface area contributed by atoms with Gasteiger partial charge in [-0.25, -0.2) is 4.99 Å². The van der Waals surface area contributed by atoms with Crippen LogP contribution in [0, 0.1) is 6.92 Å². The smallest absolute Gasteiger partial charge is 0.191 e. The van der Waals surface area contributed by atoms with Gasteiger partial charge >= 0.3 is 0 Å². The number of hydrogen-bond donors (Lipinski definition) is 3. The molecule has 0 saturated heterocycles. The van der Waals surface area contributed by atoms with Crippen LogP contribution in [0.2, 0.25) is 0 Å². The van der Waals surface area contributed by atoms with Crippen molar-refractivity contribution in [2.45, 2.75) is 46.7 Å². The van der Waals surface area contributed by atoms with Crippen molar-refractivity contribution in [3.05, 3.63) is 35.6 Å². The van der Waals surface area contributed by atoms with Gasteiger partial charge in [-0.05, 0) is 40.7 Å². The lowest BCUT2D eigenvalue weighted by Crippen LogP contribution is -2.44. The number of aryl methyl sites for hydroxylation is 1. The van der Waals surface area contributed by atoms with E-state index in [9.17, 15) is 0 Å². The van der Waals surface area contributed by atoms with Crippen molar-refractivity contribution in [2.24, 2.45) is 4.99 Å². The molecule has 1 heterocycles. The van der Waals surface area contributed by atoms with Gasteiger partial charge in [0.2, 0.25) is 0 Å². The van der Waals surface area contributed by atoms with Crippen LogP contribution in [-0.4, -0.2) is 31.1 Å². The Hall–Kier alpha value is -2.01. The summed E-state index contributed by atoms with van der Waals surface area (Å²) >= 11 is 0. The third-order valence-electron chi connectivity index (χ3n) is 3.74. The first-order chi connectivity index (χ1) is 11.4. The maximum Gasteiger partial charge on any atom is 0.191 e. The van der Waals surface area contributed by atoms with Gasteiger partial charge < -0.3 is 20.4 Å². The maximum atomic E-state index is 5.92. The number of fused-ring (bicyclic) bond motifs is 1. The second kappa shape index (κ2) is 8.20. The van der Waals surface area contributed by atoms with Crippen molar-refractivity contribution in [3.63, 3.8) is 0 Å². The van der Waals surface area contributed by atoms with Crippen molar-refractivity contribution in [3.8, 4) is 0 Å². The lowest BCUT2D eigenvalue weighted by Gasteiger charge is -2.21. The average molecular weight is 330 g/mol. The molecule has 0 amide bonds. The molecule has 2 rings (SSSR count). The van der Waals surface area contributed by atoms with Crippen LogP contribution in [0.3, 0.4) is 0 Å². The highest BCUT2D eigenvalue weighted by molar-refractivity contribution is 5.82. The highest BCUT2D eigenvalue weighted by Gasteiger charge is 2.10. The SMILES string of the molecule is CCNC(=NCc1oc2ccccc2c1C)NCCNC(C)(C)C. The van der Waals surface area contributed by atoms with Crippen molar-refractivity contribution in [1.82, 2.24) is 16.0 Å². The van der Waals surface area contributed by atoms with E-state index in [1.807, 2.05) is 18.2 Å². The Balaban J connectivity index is 1.98. The predicted octanol–water partition coefficient (Wildman–Crippen LogP) is 3.18. The lowest BCUT2D eigenvalue weighted by atomic mass is 10.1. The number of furan rings is 1. The Morgan fingerprint density at radius 1 is 1.12 bits per heavy atom. The summed E-state index contributed by atoms with van der Waals surface area (Å²) in [5.41, 5.74) is 2.22. The first-order valence-corrected chi connectivity index (χ1v) is 8.65. The van der Waals surface area contributed by atoms with Crippen molar-refractivity contribution >= 4 is 16.9 Å². The molecule has 0 atom stereocenters. The summed E-state index contributed by atoms with van der Waals surface area (Å²) in [4.78, 5) is 4.65. The number of nitrogens with one attached hydrogen (secondary N) is 3. The van der Waals surface area contributed by atoms with E-state index in [4.69, 9.17) is 4.42 Å². The average Bonchev–Trinajstić information content (AvgIpc) is 2.85. The predicted molar refractivity (Wildman–Crippen MR) is 102 cm³/mol. The fraction of sp³-hybridized carbons (Fsp3) is 0.526. The van der Waals surface area contributed by atoms with E-state index in [0.717, 1.165) is 42.3 Å². The molecule has 1 aromatic heterocycles. The van der Waals surface area contributed by atoms with E-state index in [-0.39, 0.29) is 5.54 Å². The molecule has 0 unspecified atom stereocenters. The molecule has 132 valence electrons. The Bertz CT molecular complexity index is 682. The van der Waals surface area contributed by atoms with Crippen LogP contribution in [0.5, 0.6) is 0 Å². The second-order valence-electron chi connectivity index (χ2n) is 6.95. The third kappa shape index (κ3) is 5.27. The van der Waals surface area contributed by atoms with Crippen LogP contribution in [-0.2, 0) is 6.54 Å². The number of guanidine groups is 1. The number of para-hydroxylation sites is 1. The van der Waals surface area contributed by atoms with Crippen molar-refractivity contribution < 1.29 is 4.42 Å². The Kier molecular flexibility index (Phi) is 6.26. The molecule has 0 aliphatic heterocycles. The van der Waals surface area contributed by atoms with E-state index < -0.39 is 0 Å². The fourth-order valence-electron chi connectivity index (χ4n) is 2.49. The number of rotatable bonds is 6. The highest BCUT2D eigenvalue weighted by Crippen LogP contribution is 2.25. The number of aliphatic imine (C=N–C) groups is 1. The van der Waals surface area contributed by atoms with E-state index >= 15 is 0 Å². The molecular weight excluding hydrogens is 300 g/mol. The molecule has 0 saturated carbocycles. The van der Waals surface area contributed by atoms with Crippen molar-refractivity contribution in [1.29, 1.82) is 0 Å². The molecule has 3 N–H and O–H groups in total. The summed E-state index contributed by atoms with van der Waals surface area (Å²) in [7, 11) is 0.